The summed E-state index contributed by atoms with van der Waals surface area (Å²) in [4.78, 5) is 37.7. The van der Waals surface area contributed by atoms with Crippen molar-refractivity contribution in [2.45, 2.75) is 19.0 Å². The highest BCUT2D eigenvalue weighted by atomic mass is 19.4. The van der Waals surface area contributed by atoms with E-state index in [4.69, 9.17) is 4.74 Å². The fraction of sp³-hybridized carbons (Fsp3) is 0.316. The van der Waals surface area contributed by atoms with Crippen LogP contribution in [0.5, 0.6) is 0 Å². The average molecular weight is 409 g/mol. The van der Waals surface area contributed by atoms with Crippen LogP contribution < -0.4 is 16.6 Å². The molecule has 1 atom stereocenters. The first kappa shape index (κ1) is 20.4. The molecule has 1 aliphatic rings. The number of benzene rings is 1. The van der Waals surface area contributed by atoms with Gasteiger partial charge in [-0.25, -0.2) is 9.59 Å². The first-order valence-corrected chi connectivity index (χ1v) is 8.52. The van der Waals surface area contributed by atoms with Crippen LogP contribution >= 0.6 is 0 Å². The summed E-state index contributed by atoms with van der Waals surface area (Å²) >= 11 is 0. The van der Waals surface area contributed by atoms with Gasteiger partial charge in [-0.1, -0.05) is 18.2 Å². The first-order valence-electron chi connectivity index (χ1n) is 8.52. The van der Waals surface area contributed by atoms with Crippen LogP contribution in [0.3, 0.4) is 0 Å². The molecule has 1 N–H and O–H groups in total. The minimum Gasteiger partial charge on any atom is -0.466 e. The molecule has 1 aromatic carbocycles. The van der Waals surface area contributed by atoms with Gasteiger partial charge in [-0.05, 0) is 18.6 Å². The summed E-state index contributed by atoms with van der Waals surface area (Å²) in [5.41, 5.74) is -1.91. The van der Waals surface area contributed by atoms with E-state index in [1.807, 2.05) is 0 Å². The van der Waals surface area contributed by atoms with E-state index in [9.17, 15) is 27.6 Å². The smallest absolute Gasteiger partial charge is 0.416 e. The Kier molecular flexibility index (Phi) is 4.89. The minimum atomic E-state index is -4.61. The normalized spacial score (nSPS) is 16.3. The molecule has 0 fully saturated rings. The predicted octanol–water partition coefficient (Wildman–Crippen LogP) is 2.11. The third-order valence-electron chi connectivity index (χ3n) is 4.94. The molecule has 1 aliphatic heterocycles. The summed E-state index contributed by atoms with van der Waals surface area (Å²) in [6, 6.07) is 4.39. The zero-order valence-electron chi connectivity index (χ0n) is 16.0. The molecule has 7 nitrogen and oxygen atoms in total. The number of halogens is 3. The number of nitrogens with zero attached hydrogens (tertiary/aromatic N) is 2. The summed E-state index contributed by atoms with van der Waals surface area (Å²) in [6.45, 7) is 1.53. The molecular weight excluding hydrogens is 391 g/mol. The van der Waals surface area contributed by atoms with Crippen LogP contribution in [-0.4, -0.2) is 22.2 Å². The highest BCUT2D eigenvalue weighted by Gasteiger charge is 2.38. The van der Waals surface area contributed by atoms with Gasteiger partial charge < -0.3 is 10.1 Å². The highest BCUT2D eigenvalue weighted by molar-refractivity contribution is 5.94. The van der Waals surface area contributed by atoms with Crippen LogP contribution in [0.2, 0.25) is 0 Å². The molecule has 154 valence electrons. The van der Waals surface area contributed by atoms with E-state index in [1.54, 1.807) is 0 Å². The van der Waals surface area contributed by atoms with Crippen molar-refractivity contribution in [3.8, 4) is 0 Å². The van der Waals surface area contributed by atoms with Gasteiger partial charge in [0.15, 0.2) is 0 Å². The molecule has 0 saturated heterocycles. The summed E-state index contributed by atoms with van der Waals surface area (Å²) < 4.78 is 46.6. The van der Waals surface area contributed by atoms with E-state index in [1.165, 1.54) is 37.7 Å². The number of hydrogen-bond donors (Lipinski definition) is 1. The maximum Gasteiger partial charge on any atom is 0.416 e. The number of rotatable bonds is 2. The molecule has 29 heavy (non-hydrogen) atoms. The zero-order valence-corrected chi connectivity index (χ0v) is 16.0. The predicted molar refractivity (Wildman–Crippen MR) is 98.5 cm³/mol. The lowest BCUT2D eigenvalue weighted by Gasteiger charge is -2.30. The molecule has 3 rings (SSSR count). The van der Waals surface area contributed by atoms with Gasteiger partial charge in [0.05, 0.1) is 29.7 Å². The van der Waals surface area contributed by atoms with Gasteiger partial charge in [0.1, 0.15) is 5.82 Å². The fourth-order valence-electron chi connectivity index (χ4n) is 3.50. The molecule has 0 amide bonds. The number of allylic oxidation sites excluding steroid dienone is 1. The van der Waals surface area contributed by atoms with Crippen molar-refractivity contribution in [3.63, 3.8) is 0 Å². The lowest BCUT2D eigenvalue weighted by atomic mass is 9.81. The molecule has 2 aromatic rings. The number of esters is 1. The summed E-state index contributed by atoms with van der Waals surface area (Å²) in [5, 5.41) is 2.85. The average Bonchev–Trinajstić information content (AvgIpc) is 2.68. The molecule has 0 spiro atoms. The minimum absolute atomic E-state index is 0.00456. The molecular formula is C19H18F3N3O4. The van der Waals surface area contributed by atoms with E-state index in [2.05, 4.69) is 5.32 Å². The van der Waals surface area contributed by atoms with Gasteiger partial charge in [-0.3, -0.25) is 13.9 Å². The van der Waals surface area contributed by atoms with Crippen LogP contribution in [0.1, 0.15) is 29.5 Å². The Labute approximate surface area is 163 Å². The number of ether oxygens (including phenoxy) is 1. The third-order valence-corrected chi connectivity index (χ3v) is 4.94. The molecule has 1 aromatic heterocycles. The summed E-state index contributed by atoms with van der Waals surface area (Å²) in [6.07, 6.45) is -4.61. The largest absolute Gasteiger partial charge is 0.466 e. The topological polar surface area (TPSA) is 82.3 Å². The van der Waals surface area contributed by atoms with Gasteiger partial charge >= 0.3 is 17.8 Å². The van der Waals surface area contributed by atoms with Gasteiger partial charge in [-0.2, -0.15) is 13.2 Å². The van der Waals surface area contributed by atoms with Crippen LogP contribution in [0.15, 0.2) is 45.1 Å². The van der Waals surface area contributed by atoms with Crippen molar-refractivity contribution >= 4 is 11.8 Å². The highest BCUT2D eigenvalue weighted by Crippen LogP contribution is 2.41. The number of methoxy groups -OCH3 is 1. The van der Waals surface area contributed by atoms with E-state index in [0.29, 0.717) is 0 Å². The van der Waals surface area contributed by atoms with Gasteiger partial charge in [0.2, 0.25) is 0 Å². The maximum atomic E-state index is 13.3. The molecule has 0 aliphatic carbocycles. The van der Waals surface area contributed by atoms with Gasteiger partial charge in [-0.15, -0.1) is 0 Å². The van der Waals surface area contributed by atoms with Crippen molar-refractivity contribution in [2.24, 2.45) is 14.1 Å². The number of aromatic nitrogens is 2. The molecule has 10 heteroatoms. The molecule has 0 bridgehead atoms. The lowest BCUT2D eigenvalue weighted by Crippen LogP contribution is -2.43. The van der Waals surface area contributed by atoms with Crippen molar-refractivity contribution in [1.82, 2.24) is 9.13 Å². The summed E-state index contributed by atoms with van der Waals surface area (Å²) in [5.74, 6) is -1.82. The SMILES string of the molecule is COC(=O)C1=C(C)Nc2c(c(=O)n(C)c(=O)n2C)[C@@H]1c1cccc(C(F)(F)F)c1. The Morgan fingerprint density at radius 2 is 1.83 bits per heavy atom. The Bertz CT molecular complexity index is 1160. The van der Waals surface area contributed by atoms with E-state index >= 15 is 0 Å². The maximum absolute atomic E-state index is 13.3. The van der Waals surface area contributed by atoms with Crippen LogP contribution in [0.4, 0.5) is 19.0 Å². The Hall–Kier alpha value is -3.30. The summed E-state index contributed by atoms with van der Waals surface area (Å²) in [7, 11) is 3.82. The van der Waals surface area contributed by atoms with Crippen molar-refractivity contribution in [3.05, 3.63) is 73.1 Å². The number of carbonyl (C=O) groups is 1. The van der Waals surface area contributed by atoms with Crippen LogP contribution in [0.25, 0.3) is 0 Å². The number of hydrogen-bond acceptors (Lipinski definition) is 5. The van der Waals surface area contributed by atoms with Crippen molar-refractivity contribution < 1.29 is 22.7 Å². The third kappa shape index (κ3) is 3.24. The Balaban J connectivity index is 2.41. The second kappa shape index (κ2) is 6.94. The lowest BCUT2D eigenvalue weighted by molar-refractivity contribution is -0.137. The number of anilines is 1. The van der Waals surface area contributed by atoms with Crippen LogP contribution in [0, 0.1) is 0 Å². The second-order valence-corrected chi connectivity index (χ2v) is 6.68. The van der Waals surface area contributed by atoms with Gasteiger partial charge in [0.25, 0.3) is 5.56 Å². The number of alkyl halides is 3. The monoisotopic (exact) mass is 409 g/mol. The van der Waals surface area contributed by atoms with E-state index in [0.717, 1.165) is 23.8 Å². The zero-order chi connectivity index (χ0) is 21.7. The fourth-order valence-corrected chi connectivity index (χ4v) is 3.50. The number of carbonyl (C=O) groups excluding carboxylic acids is 1. The van der Waals surface area contributed by atoms with Crippen LogP contribution in [-0.2, 0) is 29.8 Å². The second-order valence-electron chi connectivity index (χ2n) is 6.68. The Morgan fingerprint density at radius 1 is 1.17 bits per heavy atom. The van der Waals surface area contributed by atoms with Crippen molar-refractivity contribution in [2.75, 3.05) is 12.4 Å². The molecule has 2 heterocycles. The van der Waals surface area contributed by atoms with E-state index in [-0.39, 0.29) is 28.2 Å². The molecule has 0 unspecified atom stereocenters. The van der Waals surface area contributed by atoms with E-state index < -0.39 is 34.9 Å². The van der Waals surface area contributed by atoms with Crippen molar-refractivity contribution in [1.29, 1.82) is 0 Å². The molecule has 0 radical (unpaired) electrons. The quantitative estimate of drug-likeness (QED) is 0.769. The standard InChI is InChI=1S/C19H18F3N3O4/c1-9-12(17(27)29-4)13(10-6-5-7-11(8-10)19(20,21)22)14-15(23-9)24(2)18(28)25(3)16(14)26/h5-8,13,23H,1-4H3/t13-/m1/s1. The molecule has 0 saturated carbocycles. The Morgan fingerprint density at radius 3 is 2.41 bits per heavy atom. The first-order chi connectivity index (χ1) is 13.5. The number of nitrogens with one attached hydrogen (secondary N) is 1. The number of fused-ring (bicyclic) bond motifs is 1. The van der Waals surface area contributed by atoms with Gasteiger partial charge in [0, 0.05) is 19.8 Å².